The number of nitrogens with one attached hydrogen (secondary N) is 5. The number of sulfonamides is 2. The second kappa shape index (κ2) is 37.1. The predicted octanol–water partition coefficient (Wildman–Crippen LogP) is 12.0. The zero-order valence-corrected chi connectivity index (χ0v) is 63.8. The Bertz CT molecular complexity index is 6740. The van der Waals surface area contributed by atoms with E-state index in [2.05, 4.69) is 113 Å². The highest BCUT2D eigenvalue weighted by Crippen LogP contribution is 2.32. The molecule has 4 heterocycles. The SMILES string of the molecule is CS(=O)(=O)Nc1cc(C#Cc2cccc(C(N)=NO)c2)c2ccccc2n1.NC(=NO)c1cccc(C#Cc2cc(NC(=O)C3CC3)nc3ccccc23)c1.NC(=NO)c1cccc(C#Cc2cc(NC(=O)NC3CC3)nc3ccccc23)c1.NC(=NO)c1cccc(C#Cc2cc(NS(=O)(=O)c3cc(F)cc(F)c3)nc3ccccc23)c1. The summed E-state index contributed by atoms with van der Waals surface area (Å²) in [6.45, 7) is 0. The molecule has 13 aromatic rings. The number of amidine groups is 4. The van der Waals surface area contributed by atoms with Crippen LogP contribution in [-0.4, -0.2) is 105 Å². The lowest BCUT2D eigenvalue weighted by Gasteiger charge is -2.10. The van der Waals surface area contributed by atoms with Gasteiger partial charge in [0.15, 0.2) is 23.3 Å². The summed E-state index contributed by atoms with van der Waals surface area (Å²) in [5, 5.41) is 59.1. The van der Waals surface area contributed by atoms with Crippen LogP contribution in [0.15, 0.2) is 262 Å². The Hall–Kier alpha value is -16.0. The standard InChI is InChI=1S/C24H16F2N4O3S.C22H19N5O2.C22H18N4O2.C19H16N4O3S/c25-18-12-19(26)14-20(13-18)34(32,33)30-23-11-16(21-6-1-2-7-22(21)28-23)9-8-15-4-3-5-17(10-15)24(27)29-31;23-21(27-29)16-5-3-4-14(12-16)8-9-15-13-20(26-22(28)24-17-10-11-17)25-19-7-2-1-6-18(15)19;23-21(26-28)17-5-3-4-14(12-17)8-9-16-13-20(25-22(27)15-10-11-15)24-19-7-2-1-6-18(16)19;1-27(25,26)23-18-12-14(16-7-2-3-8-17(16)21-18)10-9-13-5-4-6-15(11-13)19(20)22-24/h1-7,10-14,31H,(H2,27,29)(H,28,30);1-7,12-13,17,29H,10-11H2,(H2,23,27)(H2,24,25,26,28);1-7,12-13,15,28H,10-11H2,(H2,23,26)(H,24,25,27);2-8,11-12,24H,1H3,(H2,20,22)(H,21,23). The van der Waals surface area contributed by atoms with Gasteiger partial charge in [0, 0.05) is 106 Å². The molecule has 2 aliphatic rings. The first kappa shape index (κ1) is 81.5. The molecule has 0 aliphatic heterocycles. The molecule has 31 heteroatoms. The van der Waals surface area contributed by atoms with Gasteiger partial charge in [-0.25, -0.2) is 50.3 Å². The Morgan fingerprint density at radius 1 is 0.390 bits per heavy atom. The van der Waals surface area contributed by atoms with E-state index >= 15 is 0 Å². The van der Waals surface area contributed by atoms with E-state index in [1.165, 1.54) is 6.07 Å². The number of hydrogen-bond acceptors (Lipinski definition) is 18. The third-order valence-corrected chi connectivity index (χ3v) is 19.2. The van der Waals surface area contributed by atoms with Crippen molar-refractivity contribution in [1.29, 1.82) is 0 Å². The summed E-state index contributed by atoms with van der Waals surface area (Å²) in [7, 11) is -7.78. The number of amides is 3. The molecular formula is C87H69F2N17O10S2. The van der Waals surface area contributed by atoms with Crippen molar-refractivity contribution in [1.82, 2.24) is 25.3 Å². The Morgan fingerprint density at radius 3 is 1.03 bits per heavy atom. The minimum Gasteiger partial charge on any atom is -0.409 e. The number of hydrogen-bond donors (Lipinski definition) is 13. The molecule has 0 bridgehead atoms. The van der Waals surface area contributed by atoms with Crippen molar-refractivity contribution in [3.63, 3.8) is 0 Å². The van der Waals surface area contributed by atoms with Crippen molar-refractivity contribution in [3.8, 4) is 47.4 Å². The van der Waals surface area contributed by atoms with Crippen molar-refractivity contribution in [2.45, 2.75) is 36.6 Å². The quantitative estimate of drug-likeness (QED) is 0.0168. The summed E-state index contributed by atoms with van der Waals surface area (Å²) >= 11 is 0. The normalized spacial score (nSPS) is 12.6. The van der Waals surface area contributed by atoms with Gasteiger partial charge in [-0.05, 0) is 135 Å². The molecular weight excluding hydrogens is 1550 g/mol. The molecule has 118 heavy (non-hydrogen) atoms. The molecule has 2 saturated carbocycles. The highest BCUT2D eigenvalue weighted by atomic mass is 32.2. The third kappa shape index (κ3) is 22.2. The van der Waals surface area contributed by atoms with Crippen molar-refractivity contribution in [3.05, 3.63) is 315 Å². The number of oxime groups is 4. The number of fused-ring (bicyclic) bond motifs is 4. The summed E-state index contributed by atoms with van der Waals surface area (Å²) < 4.78 is 80.2. The summed E-state index contributed by atoms with van der Waals surface area (Å²) in [5.74, 6) is 23.6. The molecule has 588 valence electrons. The molecule has 2 aliphatic carbocycles. The Labute approximate surface area is 674 Å². The van der Waals surface area contributed by atoms with Crippen molar-refractivity contribution in [2.24, 2.45) is 49.5 Å². The molecule has 17 N–H and O–H groups in total. The minimum absolute atomic E-state index is 0.00681. The number of carbonyl (C=O) groups is 2. The van der Waals surface area contributed by atoms with Crippen LogP contribution in [0.1, 0.15) is 92.4 Å². The largest absolute Gasteiger partial charge is 0.409 e. The Balaban J connectivity index is 0.000000145. The molecule has 0 saturated heterocycles. The lowest BCUT2D eigenvalue weighted by atomic mass is 10.1. The van der Waals surface area contributed by atoms with Crippen LogP contribution in [0.2, 0.25) is 0 Å². The summed E-state index contributed by atoms with van der Waals surface area (Å²) in [4.78, 5) is 41.2. The number of carbonyl (C=O) groups excluding carboxylic acids is 2. The zero-order valence-electron chi connectivity index (χ0n) is 62.2. The molecule has 4 aromatic heterocycles. The molecule has 3 amide bonds. The van der Waals surface area contributed by atoms with Crippen LogP contribution in [0.25, 0.3) is 43.6 Å². The van der Waals surface area contributed by atoms with Gasteiger partial charge in [0.1, 0.15) is 34.9 Å². The average molecular weight is 1610 g/mol. The fraction of sp³-hybridized carbons (Fsp3) is 0.0805. The van der Waals surface area contributed by atoms with Gasteiger partial charge in [0.25, 0.3) is 10.0 Å². The number of pyridine rings is 4. The van der Waals surface area contributed by atoms with Gasteiger partial charge in [-0.2, -0.15) is 0 Å². The van der Waals surface area contributed by atoms with E-state index in [4.69, 9.17) is 43.8 Å². The molecule has 9 aromatic carbocycles. The summed E-state index contributed by atoms with van der Waals surface area (Å²) in [6.07, 6.45) is 4.96. The van der Waals surface area contributed by atoms with Gasteiger partial charge < -0.3 is 54.4 Å². The smallest absolute Gasteiger partial charge is 0.320 e. The Morgan fingerprint density at radius 2 is 0.703 bits per heavy atom. The van der Waals surface area contributed by atoms with E-state index in [-0.39, 0.29) is 58.9 Å². The number of anilines is 4. The van der Waals surface area contributed by atoms with Crippen LogP contribution in [0, 0.1) is 64.9 Å². The van der Waals surface area contributed by atoms with Gasteiger partial charge in [-0.1, -0.05) is 189 Å². The average Bonchev–Trinajstić information content (AvgIpc) is 1.31. The van der Waals surface area contributed by atoms with Crippen molar-refractivity contribution < 1.29 is 56.0 Å². The first-order valence-electron chi connectivity index (χ1n) is 35.7. The van der Waals surface area contributed by atoms with Gasteiger partial charge >= 0.3 is 6.03 Å². The number of urea groups is 1. The number of rotatable bonds is 13. The monoisotopic (exact) mass is 1610 g/mol. The third-order valence-electron chi connectivity index (χ3n) is 17.3. The van der Waals surface area contributed by atoms with Crippen LogP contribution in [0.4, 0.5) is 36.8 Å². The maximum Gasteiger partial charge on any atom is 0.320 e. The van der Waals surface area contributed by atoms with Crippen molar-refractivity contribution in [2.75, 3.05) is 26.3 Å². The van der Waals surface area contributed by atoms with E-state index in [0.29, 0.717) is 90.8 Å². The Kier molecular flexibility index (Phi) is 25.6. The van der Waals surface area contributed by atoms with Crippen LogP contribution < -0.4 is 48.3 Å². The maximum absolute atomic E-state index is 13.5. The van der Waals surface area contributed by atoms with E-state index in [1.54, 1.807) is 133 Å². The van der Waals surface area contributed by atoms with Crippen LogP contribution in [0.3, 0.4) is 0 Å². The van der Waals surface area contributed by atoms with E-state index in [1.807, 2.05) is 78.9 Å². The zero-order chi connectivity index (χ0) is 83.5. The topological polar surface area (TPSA) is 449 Å². The first-order chi connectivity index (χ1) is 56.9. The van der Waals surface area contributed by atoms with Crippen LogP contribution >= 0.6 is 0 Å². The molecule has 27 nitrogen and oxygen atoms in total. The number of nitrogens with two attached hydrogens (primary N) is 4. The molecule has 0 unspecified atom stereocenters. The lowest BCUT2D eigenvalue weighted by molar-refractivity contribution is -0.117. The first-order valence-corrected chi connectivity index (χ1v) is 39.1. The fourth-order valence-corrected chi connectivity index (χ4v) is 12.9. The second-order valence-electron chi connectivity index (χ2n) is 26.3. The van der Waals surface area contributed by atoms with Crippen LogP contribution in [-0.2, 0) is 24.8 Å². The summed E-state index contributed by atoms with van der Waals surface area (Å²) in [6, 6.07) is 66.1. The fourth-order valence-electron chi connectivity index (χ4n) is 11.4. The highest BCUT2D eigenvalue weighted by Gasteiger charge is 2.30. The number of aromatic nitrogens is 4. The maximum atomic E-state index is 13.5. The number of halogens is 2. The van der Waals surface area contributed by atoms with Crippen LogP contribution in [0.5, 0.6) is 0 Å². The molecule has 0 spiro atoms. The lowest BCUT2D eigenvalue weighted by Crippen LogP contribution is -2.30. The van der Waals surface area contributed by atoms with Gasteiger partial charge in [0.2, 0.25) is 15.9 Å². The predicted molar refractivity (Wildman–Crippen MR) is 449 cm³/mol. The number of nitrogens with zero attached hydrogens (tertiary/aromatic N) is 8. The van der Waals surface area contributed by atoms with Crippen molar-refractivity contribution >= 4 is 122 Å². The van der Waals surface area contributed by atoms with E-state index in [0.717, 1.165) is 81.4 Å². The molecule has 2 fully saturated rings. The second-order valence-corrected chi connectivity index (χ2v) is 29.7. The van der Waals surface area contributed by atoms with E-state index < -0.39 is 36.6 Å². The van der Waals surface area contributed by atoms with E-state index in [9.17, 15) is 35.2 Å². The van der Waals surface area contributed by atoms with Gasteiger partial charge in [0.05, 0.1) is 33.2 Å². The van der Waals surface area contributed by atoms with Gasteiger partial charge in [-0.15, -0.1) is 0 Å². The molecule has 15 rings (SSSR count). The molecule has 0 atom stereocenters. The molecule has 0 radical (unpaired) electrons. The number of para-hydroxylation sites is 4. The number of benzene rings is 9. The van der Waals surface area contributed by atoms with Gasteiger partial charge in [-0.3, -0.25) is 19.6 Å². The highest BCUT2D eigenvalue weighted by molar-refractivity contribution is 7.92. The summed E-state index contributed by atoms with van der Waals surface area (Å²) in [5.41, 5.74) is 32.6. The minimum atomic E-state index is -4.32.